The fourth-order valence-corrected chi connectivity index (χ4v) is 7.55. The van der Waals surface area contributed by atoms with Crippen LogP contribution in [0.25, 0.3) is 0 Å². The lowest BCUT2D eigenvalue weighted by atomic mass is 9.72. The molecule has 0 amide bonds. The van der Waals surface area contributed by atoms with Crippen LogP contribution in [0, 0.1) is 0 Å². The molecule has 1 N–H and O–H groups in total. The van der Waals surface area contributed by atoms with Crippen molar-refractivity contribution in [3.63, 3.8) is 0 Å². The van der Waals surface area contributed by atoms with E-state index in [1.165, 1.54) is 0 Å². The summed E-state index contributed by atoms with van der Waals surface area (Å²) in [6.07, 6.45) is -1.39. The summed E-state index contributed by atoms with van der Waals surface area (Å²) in [5.74, 6) is 0. The number of hydrogen-bond donors (Lipinski definition) is 1. The Hall–Kier alpha value is -2.67. The molecule has 2 heterocycles. The van der Waals surface area contributed by atoms with Gasteiger partial charge in [-0.05, 0) is 34.1 Å². The molecule has 2 fully saturated rings. The van der Waals surface area contributed by atoms with Gasteiger partial charge in [-0.1, -0.05) is 121 Å². The zero-order valence-corrected chi connectivity index (χ0v) is 21.1. The van der Waals surface area contributed by atoms with E-state index in [4.69, 9.17) is 30.3 Å². The van der Waals surface area contributed by atoms with Gasteiger partial charge in [-0.25, -0.2) is 0 Å². The molecule has 0 saturated carbocycles. The first kappa shape index (κ1) is 23.7. The lowest BCUT2D eigenvalue weighted by Crippen LogP contribution is -2.53. The molecule has 4 aromatic carbocycles. The van der Waals surface area contributed by atoms with Gasteiger partial charge in [-0.15, -0.1) is 0 Å². The Morgan fingerprint density at radius 1 is 0.556 bits per heavy atom. The van der Waals surface area contributed by atoms with Crippen molar-refractivity contribution in [2.75, 3.05) is 6.79 Å². The molecule has 2 unspecified atom stereocenters. The molecule has 2 atom stereocenters. The molecule has 36 heavy (non-hydrogen) atoms. The second-order valence-corrected chi connectivity index (χ2v) is 11.6. The Balaban J connectivity index is 1.68. The Kier molecular flexibility index (Phi) is 6.14. The van der Waals surface area contributed by atoms with E-state index < -0.39 is 30.1 Å². The Morgan fingerprint density at radius 3 is 1.11 bits per heavy atom. The first-order valence-corrected chi connectivity index (χ1v) is 14.3. The van der Waals surface area contributed by atoms with Crippen LogP contribution in [0.3, 0.4) is 0 Å². The van der Waals surface area contributed by atoms with Crippen LogP contribution in [0.4, 0.5) is 0 Å². The van der Waals surface area contributed by atoms with Crippen LogP contribution in [0.1, 0.15) is 22.3 Å². The summed E-state index contributed by atoms with van der Waals surface area (Å²) in [5.41, 5.74) is 0.612. The minimum absolute atomic E-state index is 0.0409. The summed E-state index contributed by atoms with van der Waals surface area (Å²) in [4.78, 5) is 11.8. The lowest BCUT2D eigenvalue weighted by molar-refractivity contribution is -0.0497. The molecule has 0 radical (unpaired) electrons. The minimum Gasteiger partial charge on any atom is -0.346 e. The number of rotatable bonds is 4. The van der Waals surface area contributed by atoms with Crippen LogP contribution in [0.5, 0.6) is 0 Å². The van der Waals surface area contributed by atoms with Gasteiger partial charge >= 0.3 is 6.72 Å². The predicted molar refractivity (Wildman–Crippen MR) is 141 cm³/mol. The van der Waals surface area contributed by atoms with E-state index in [0.717, 1.165) is 22.3 Å². The highest BCUT2D eigenvalue weighted by Gasteiger charge is 2.65. The highest BCUT2D eigenvalue weighted by Crippen LogP contribution is 2.65. The molecule has 2 aliphatic rings. The molecule has 0 bridgehead atoms. The van der Waals surface area contributed by atoms with Crippen molar-refractivity contribution < 1.29 is 23.4 Å². The highest BCUT2D eigenvalue weighted by molar-refractivity contribution is 8.07. The number of fused-ring (bicyclic) bond motifs is 1. The number of ether oxygens (including phenoxy) is 2. The molecule has 4 aromatic rings. The van der Waals surface area contributed by atoms with Crippen molar-refractivity contribution in [1.29, 1.82) is 0 Å². The van der Waals surface area contributed by atoms with Crippen LogP contribution >= 0.6 is 6.72 Å². The summed E-state index contributed by atoms with van der Waals surface area (Å²) in [6, 6.07) is 38.9. The molecular formula is C29H25O5PS. The third-order valence-corrected chi connectivity index (χ3v) is 8.39. The second kappa shape index (κ2) is 9.33. The summed E-state index contributed by atoms with van der Waals surface area (Å²) in [6.45, 7) is -3.87. The molecule has 5 nitrogen and oxygen atoms in total. The topological polar surface area (TPSA) is 57.2 Å². The first-order valence-electron chi connectivity index (χ1n) is 11.8. The van der Waals surface area contributed by atoms with Gasteiger partial charge < -0.3 is 14.4 Å². The van der Waals surface area contributed by atoms with Gasteiger partial charge in [0, 0.05) is 0 Å². The van der Waals surface area contributed by atoms with Gasteiger partial charge in [-0.3, -0.25) is 9.05 Å². The Morgan fingerprint density at radius 2 is 0.833 bits per heavy atom. The standard InChI is InChI=1S/C29H25O5PS/c30-35(36)33-28(22-13-5-1-6-14-22,23-15-7-2-8-16-23)26-27(32-21-31-26)29(34-35,24-17-9-3-10-18-24)25-19-11-4-12-20-25/h1-20,26-27H,21H2,(H,30,36). The van der Waals surface area contributed by atoms with Gasteiger partial charge in [0.2, 0.25) is 0 Å². The largest absolute Gasteiger partial charge is 0.346 e. The SMILES string of the molecule is OP1(=S)OC(c2ccccc2)(c2ccccc2)C2OCOC2C(c2ccccc2)(c2ccccc2)O1. The highest BCUT2D eigenvalue weighted by atomic mass is 32.5. The molecular weight excluding hydrogens is 491 g/mol. The molecule has 182 valence electrons. The maximum Gasteiger partial charge on any atom is 0.327 e. The zero-order chi connectivity index (χ0) is 24.6. The van der Waals surface area contributed by atoms with Crippen LogP contribution in [-0.2, 0) is 41.5 Å². The van der Waals surface area contributed by atoms with E-state index in [9.17, 15) is 4.89 Å². The minimum atomic E-state index is -3.92. The van der Waals surface area contributed by atoms with E-state index in [0.29, 0.717) is 0 Å². The van der Waals surface area contributed by atoms with E-state index >= 15 is 0 Å². The van der Waals surface area contributed by atoms with Crippen molar-refractivity contribution >= 4 is 18.5 Å². The van der Waals surface area contributed by atoms with Crippen LogP contribution in [-0.4, -0.2) is 23.9 Å². The molecule has 2 aliphatic heterocycles. The van der Waals surface area contributed by atoms with E-state index in [1.54, 1.807) is 0 Å². The van der Waals surface area contributed by atoms with Gasteiger partial charge in [0.15, 0.2) is 11.2 Å². The van der Waals surface area contributed by atoms with Gasteiger partial charge in [-0.2, -0.15) is 0 Å². The number of hydrogen-bond acceptors (Lipinski definition) is 5. The van der Waals surface area contributed by atoms with Gasteiger partial charge in [0.25, 0.3) is 0 Å². The fourth-order valence-electron chi connectivity index (χ4n) is 5.45. The van der Waals surface area contributed by atoms with Crippen molar-refractivity contribution in [3.05, 3.63) is 144 Å². The Bertz CT molecular complexity index is 1190. The molecule has 7 heteroatoms. The molecule has 0 spiro atoms. The van der Waals surface area contributed by atoms with Gasteiger partial charge in [0.1, 0.15) is 19.0 Å². The summed E-state index contributed by atoms with van der Waals surface area (Å²) < 4.78 is 26.0. The van der Waals surface area contributed by atoms with Crippen LogP contribution < -0.4 is 0 Å². The van der Waals surface area contributed by atoms with Crippen molar-refractivity contribution in [3.8, 4) is 0 Å². The van der Waals surface area contributed by atoms with E-state index in [2.05, 4.69) is 0 Å². The third-order valence-electron chi connectivity index (χ3n) is 6.90. The monoisotopic (exact) mass is 516 g/mol. The molecule has 6 rings (SSSR count). The summed E-state index contributed by atoms with van der Waals surface area (Å²) in [7, 11) is 0. The predicted octanol–water partition coefficient (Wildman–Crippen LogP) is 5.88. The maximum atomic E-state index is 11.8. The molecule has 0 aromatic heterocycles. The number of benzene rings is 4. The van der Waals surface area contributed by atoms with Crippen molar-refractivity contribution in [1.82, 2.24) is 0 Å². The normalized spacial score (nSPS) is 26.6. The van der Waals surface area contributed by atoms with Gasteiger partial charge in [0.05, 0.1) is 0 Å². The molecule has 2 saturated heterocycles. The average molecular weight is 517 g/mol. The van der Waals surface area contributed by atoms with E-state index in [-0.39, 0.29) is 6.79 Å². The smallest absolute Gasteiger partial charge is 0.327 e. The third kappa shape index (κ3) is 3.78. The summed E-state index contributed by atoms with van der Waals surface area (Å²) >= 11 is 5.77. The fraction of sp³-hybridized carbons (Fsp3) is 0.172. The zero-order valence-electron chi connectivity index (χ0n) is 19.3. The average Bonchev–Trinajstić information content (AvgIpc) is 3.40. The van der Waals surface area contributed by atoms with Crippen LogP contribution in [0.2, 0.25) is 0 Å². The molecule has 0 aliphatic carbocycles. The Labute approximate surface area is 215 Å². The quantitative estimate of drug-likeness (QED) is 0.342. The maximum absolute atomic E-state index is 11.8. The lowest BCUT2D eigenvalue weighted by Gasteiger charge is -2.41. The van der Waals surface area contributed by atoms with Crippen molar-refractivity contribution in [2.45, 2.75) is 23.4 Å². The van der Waals surface area contributed by atoms with Crippen molar-refractivity contribution in [2.24, 2.45) is 0 Å². The van der Waals surface area contributed by atoms with E-state index in [1.807, 2.05) is 121 Å². The summed E-state index contributed by atoms with van der Waals surface area (Å²) in [5, 5.41) is 0. The van der Waals surface area contributed by atoms with Crippen LogP contribution in [0.15, 0.2) is 121 Å². The first-order chi connectivity index (χ1) is 17.6. The second-order valence-electron chi connectivity index (χ2n) is 8.88.